The van der Waals surface area contributed by atoms with Gasteiger partial charge in [0.25, 0.3) is 0 Å². The summed E-state index contributed by atoms with van der Waals surface area (Å²) in [5.41, 5.74) is 6.49. The standard InChI is InChI=1S/C27H26Cl2N2O/c1-15(2)18-7-5-8-19(16(3)4)20(18)14-25(32)17-11-12-23-24(13-17)31-27(30-23)26-21(28)9-6-10-22(26)29/h5-13,15-16H,14H2,1-4H3,(H,30,31). The lowest BCUT2D eigenvalue weighted by Gasteiger charge is -2.19. The highest BCUT2D eigenvalue weighted by Gasteiger charge is 2.19. The van der Waals surface area contributed by atoms with Crippen LogP contribution in [0, 0.1) is 0 Å². The van der Waals surface area contributed by atoms with E-state index in [1.165, 1.54) is 11.1 Å². The van der Waals surface area contributed by atoms with E-state index in [4.69, 9.17) is 23.2 Å². The van der Waals surface area contributed by atoms with Crippen molar-refractivity contribution in [3.05, 3.63) is 86.9 Å². The minimum atomic E-state index is 0.0915. The number of fused-ring (bicyclic) bond motifs is 1. The van der Waals surface area contributed by atoms with Crippen LogP contribution in [0.1, 0.15) is 66.6 Å². The molecule has 0 unspecified atom stereocenters. The van der Waals surface area contributed by atoms with E-state index in [1.807, 2.05) is 18.2 Å². The highest BCUT2D eigenvalue weighted by Crippen LogP contribution is 2.34. The van der Waals surface area contributed by atoms with E-state index in [2.05, 4.69) is 55.9 Å². The third-order valence-electron chi connectivity index (χ3n) is 5.83. The number of hydrogen-bond acceptors (Lipinski definition) is 2. The number of rotatable bonds is 6. The van der Waals surface area contributed by atoms with Gasteiger partial charge in [0.15, 0.2) is 5.78 Å². The van der Waals surface area contributed by atoms with Crippen molar-refractivity contribution in [2.45, 2.75) is 46.0 Å². The highest BCUT2D eigenvalue weighted by molar-refractivity contribution is 6.39. The predicted octanol–water partition coefficient (Wildman–Crippen LogP) is 8.21. The van der Waals surface area contributed by atoms with E-state index in [0.717, 1.165) is 16.6 Å². The fraction of sp³-hybridized carbons (Fsp3) is 0.259. The van der Waals surface area contributed by atoms with Crippen LogP contribution >= 0.6 is 23.2 Å². The van der Waals surface area contributed by atoms with Crippen LogP contribution in [0.25, 0.3) is 22.4 Å². The minimum Gasteiger partial charge on any atom is -0.338 e. The first kappa shape index (κ1) is 22.6. The van der Waals surface area contributed by atoms with E-state index >= 15 is 0 Å². The van der Waals surface area contributed by atoms with Crippen LogP contribution in [0.15, 0.2) is 54.6 Å². The van der Waals surface area contributed by atoms with Gasteiger partial charge in [-0.3, -0.25) is 4.79 Å². The van der Waals surface area contributed by atoms with Gasteiger partial charge in [-0.15, -0.1) is 0 Å². The average Bonchev–Trinajstić information content (AvgIpc) is 3.16. The number of ketones is 1. The van der Waals surface area contributed by atoms with Gasteiger partial charge in [-0.1, -0.05) is 75.2 Å². The van der Waals surface area contributed by atoms with Crippen molar-refractivity contribution in [3.8, 4) is 11.4 Å². The molecule has 0 aliphatic heterocycles. The smallest absolute Gasteiger partial charge is 0.167 e. The molecule has 1 heterocycles. The number of nitrogens with one attached hydrogen (secondary N) is 1. The Kier molecular flexibility index (Phi) is 6.41. The number of Topliss-reactive ketones (excluding diaryl/α,β-unsaturated/α-hetero) is 1. The van der Waals surface area contributed by atoms with Crippen LogP contribution in [0.4, 0.5) is 0 Å². The summed E-state index contributed by atoms with van der Waals surface area (Å²) in [6, 6.07) is 17.3. The van der Waals surface area contributed by atoms with Gasteiger partial charge in [-0.2, -0.15) is 0 Å². The molecule has 4 aromatic rings. The lowest BCUT2D eigenvalue weighted by Crippen LogP contribution is -2.10. The molecule has 1 N–H and O–H groups in total. The molecule has 0 radical (unpaired) electrons. The highest BCUT2D eigenvalue weighted by atomic mass is 35.5. The Balaban J connectivity index is 1.70. The summed E-state index contributed by atoms with van der Waals surface area (Å²) in [5.74, 6) is 1.39. The van der Waals surface area contributed by atoms with Gasteiger partial charge < -0.3 is 4.98 Å². The minimum absolute atomic E-state index is 0.0915. The van der Waals surface area contributed by atoms with E-state index in [0.29, 0.717) is 45.3 Å². The van der Waals surface area contributed by atoms with E-state index in [-0.39, 0.29) is 5.78 Å². The Labute approximate surface area is 198 Å². The van der Waals surface area contributed by atoms with Gasteiger partial charge in [0.05, 0.1) is 26.6 Å². The number of aromatic nitrogens is 2. The molecule has 0 aliphatic rings. The van der Waals surface area contributed by atoms with Gasteiger partial charge in [0, 0.05) is 12.0 Å². The number of carbonyl (C=O) groups is 1. The summed E-state index contributed by atoms with van der Waals surface area (Å²) in [5, 5.41) is 1.05. The van der Waals surface area contributed by atoms with Crippen molar-refractivity contribution < 1.29 is 4.79 Å². The summed E-state index contributed by atoms with van der Waals surface area (Å²) < 4.78 is 0. The third-order valence-corrected chi connectivity index (χ3v) is 6.46. The molecule has 0 saturated heterocycles. The van der Waals surface area contributed by atoms with Crippen molar-refractivity contribution in [2.24, 2.45) is 0 Å². The number of hydrogen-bond donors (Lipinski definition) is 1. The number of nitrogens with zero attached hydrogens (tertiary/aromatic N) is 1. The fourth-order valence-electron chi connectivity index (χ4n) is 4.20. The average molecular weight is 465 g/mol. The summed E-state index contributed by atoms with van der Waals surface area (Å²) in [7, 11) is 0. The van der Waals surface area contributed by atoms with Crippen LogP contribution in [-0.4, -0.2) is 15.8 Å². The van der Waals surface area contributed by atoms with Crippen molar-refractivity contribution in [3.63, 3.8) is 0 Å². The first-order valence-corrected chi connectivity index (χ1v) is 11.6. The van der Waals surface area contributed by atoms with Gasteiger partial charge in [0.1, 0.15) is 5.82 Å². The Morgan fingerprint density at radius 3 is 2.09 bits per heavy atom. The van der Waals surface area contributed by atoms with Crippen molar-refractivity contribution >= 4 is 40.0 Å². The van der Waals surface area contributed by atoms with Crippen LogP contribution < -0.4 is 0 Å². The fourth-order valence-corrected chi connectivity index (χ4v) is 4.77. The second kappa shape index (κ2) is 9.09. The summed E-state index contributed by atoms with van der Waals surface area (Å²) in [6.45, 7) is 8.69. The maximum Gasteiger partial charge on any atom is 0.167 e. The van der Waals surface area contributed by atoms with Crippen LogP contribution in [-0.2, 0) is 6.42 Å². The molecule has 4 rings (SSSR count). The summed E-state index contributed by atoms with van der Waals surface area (Å²) >= 11 is 12.7. The van der Waals surface area contributed by atoms with Crippen LogP contribution in [0.5, 0.6) is 0 Å². The van der Waals surface area contributed by atoms with E-state index in [9.17, 15) is 4.79 Å². The number of halogens is 2. The molecule has 3 nitrogen and oxygen atoms in total. The molecule has 0 amide bonds. The summed E-state index contributed by atoms with van der Waals surface area (Å²) in [4.78, 5) is 21.2. The molecule has 3 aromatic carbocycles. The molecule has 32 heavy (non-hydrogen) atoms. The first-order chi connectivity index (χ1) is 15.3. The molecule has 164 valence electrons. The number of carbonyl (C=O) groups excluding carboxylic acids is 1. The Bertz CT molecular complexity index is 1260. The topological polar surface area (TPSA) is 45.8 Å². The lowest BCUT2D eigenvalue weighted by atomic mass is 9.85. The zero-order valence-corrected chi connectivity index (χ0v) is 20.2. The Morgan fingerprint density at radius 2 is 1.50 bits per heavy atom. The number of H-pyrrole nitrogens is 1. The van der Waals surface area contributed by atoms with Crippen LogP contribution in [0.2, 0.25) is 10.0 Å². The van der Waals surface area contributed by atoms with Gasteiger partial charge >= 0.3 is 0 Å². The first-order valence-electron chi connectivity index (χ1n) is 10.8. The molecule has 5 heteroatoms. The second-order valence-electron chi connectivity index (χ2n) is 8.74. The quantitative estimate of drug-likeness (QED) is 0.292. The van der Waals surface area contributed by atoms with E-state index in [1.54, 1.807) is 18.2 Å². The third kappa shape index (κ3) is 4.32. The van der Waals surface area contributed by atoms with Crippen molar-refractivity contribution in [2.75, 3.05) is 0 Å². The van der Waals surface area contributed by atoms with Crippen molar-refractivity contribution in [1.82, 2.24) is 9.97 Å². The van der Waals surface area contributed by atoms with Gasteiger partial charge in [-0.05, 0) is 58.9 Å². The maximum atomic E-state index is 13.3. The number of imidazole rings is 1. The zero-order valence-electron chi connectivity index (χ0n) is 18.7. The molecule has 1 aromatic heterocycles. The van der Waals surface area contributed by atoms with Gasteiger partial charge in [-0.25, -0.2) is 4.98 Å². The molecular formula is C27H26Cl2N2O. The Morgan fingerprint density at radius 1 is 0.906 bits per heavy atom. The molecule has 0 saturated carbocycles. The SMILES string of the molecule is CC(C)c1cccc(C(C)C)c1CC(=O)c1ccc2nc(-c3c(Cl)cccc3Cl)[nH]c2c1. The molecular weight excluding hydrogens is 439 g/mol. The second-order valence-corrected chi connectivity index (χ2v) is 9.55. The van der Waals surface area contributed by atoms with Crippen LogP contribution in [0.3, 0.4) is 0 Å². The molecule has 0 atom stereocenters. The molecule has 0 aliphatic carbocycles. The van der Waals surface area contributed by atoms with E-state index < -0.39 is 0 Å². The maximum absolute atomic E-state index is 13.3. The Hall–Kier alpha value is -2.62. The number of benzene rings is 3. The van der Waals surface area contributed by atoms with Crippen molar-refractivity contribution in [1.29, 1.82) is 0 Å². The normalized spacial score (nSPS) is 11.6. The monoisotopic (exact) mass is 464 g/mol. The molecule has 0 spiro atoms. The largest absolute Gasteiger partial charge is 0.338 e. The van der Waals surface area contributed by atoms with Gasteiger partial charge in [0.2, 0.25) is 0 Å². The zero-order chi connectivity index (χ0) is 23.0. The summed E-state index contributed by atoms with van der Waals surface area (Å²) in [6.07, 6.45) is 0.380. The molecule has 0 fully saturated rings. The predicted molar refractivity (Wildman–Crippen MR) is 134 cm³/mol. The molecule has 0 bridgehead atoms. The number of aromatic amines is 1. The lowest BCUT2D eigenvalue weighted by molar-refractivity contribution is 0.0992.